The maximum absolute atomic E-state index is 5.81. The van der Waals surface area contributed by atoms with Crippen LogP contribution in [0, 0.1) is 0 Å². The molecule has 1 aromatic heterocycles. The first-order valence-electron chi connectivity index (χ1n) is 5.31. The highest BCUT2D eigenvalue weighted by atomic mass is 15.3. The Hall–Kier alpha value is -1.19. The highest BCUT2D eigenvalue weighted by Crippen LogP contribution is 2.23. The number of aryl methyl sites for hydroxylation is 1. The molecule has 1 saturated carbocycles. The minimum absolute atomic E-state index is 0.570. The second-order valence-electron chi connectivity index (χ2n) is 4.09. The molecule has 0 unspecified atom stereocenters. The van der Waals surface area contributed by atoms with Crippen molar-refractivity contribution in [2.24, 2.45) is 7.05 Å². The first kappa shape index (κ1) is 9.37. The van der Waals surface area contributed by atoms with Crippen molar-refractivity contribution >= 4 is 11.5 Å². The average molecular weight is 194 g/mol. The summed E-state index contributed by atoms with van der Waals surface area (Å²) in [6.07, 6.45) is 8.35. The molecule has 4 nitrogen and oxygen atoms in total. The fourth-order valence-corrected chi connectivity index (χ4v) is 2.06. The van der Waals surface area contributed by atoms with Crippen LogP contribution in [0.25, 0.3) is 0 Å². The fourth-order valence-electron chi connectivity index (χ4n) is 2.06. The van der Waals surface area contributed by atoms with Crippen molar-refractivity contribution in [3.05, 3.63) is 6.20 Å². The van der Waals surface area contributed by atoms with E-state index < -0.39 is 0 Å². The van der Waals surface area contributed by atoms with Crippen molar-refractivity contribution < 1.29 is 0 Å². The highest BCUT2D eigenvalue weighted by molar-refractivity contribution is 5.60. The van der Waals surface area contributed by atoms with Gasteiger partial charge in [0.05, 0.1) is 5.69 Å². The van der Waals surface area contributed by atoms with Gasteiger partial charge < -0.3 is 11.1 Å². The second-order valence-corrected chi connectivity index (χ2v) is 4.09. The molecule has 1 aromatic rings. The number of nitrogens with zero attached hydrogens (tertiary/aromatic N) is 2. The van der Waals surface area contributed by atoms with Crippen LogP contribution in [-0.4, -0.2) is 15.8 Å². The first-order chi connectivity index (χ1) is 6.75. The molecule has 0 atom stereocenters. The van der Waals surface area contributed by atoms with Gasteiger partial charge in [-0.25, -0.2) is 0 Å². The van der Waals surface area contributed by atoms with Crippen LogP contribution in [0.3, 0.4) is 0 Å². The molecular weight excluding hydrogens is 176 g/mol. The van der Waals surface area contributed by atoms with Crippen LogP contribution in [0.4, 0.5) is 11.5 Å². The Balaban J connectivity index is 1.98. The summed E-state index contributed by atoms with van der Waals surface area (Å²) in [5, 5.41) is 7.70. The summed E-state index contributed by atoms with van der Waals surface area (Å²) >= 11 is 0. The lowest BCUT2D eigenvalue weighted by molar-refractivity contribution is 0.461. The third-order valence-corrected chi connectivity index (χ3v) is 2.80. The van der Waals surface area contributed by atoms with Gasteiger partial charge in [0, 0.05) is 19.3 Å². The molecule has 3 N–H and O–H groups in total. The molecule has 1 aliphatic carbocycles. The number of aromatic nitrogens is 2. The predicted molar refractivity (Wildman–Crippen MR) is 58.1 cm³/mol. The highest BCUT2D eigenvalue weighted by Gasteiger charge is 2.15. The number of hydrogen-bond acceptors (Lipinski definition) is 3. The second kappa shape index (κ2) is 3.90. The SMILES string of the molecule is Cn1cc(N)c(NC2CCCCC2)n1. The Morgan fingerprint density at radius 3 is 2.71 bits per heavy atom. The van der Waals surface area contributed by atoms with E-state index in [-0.39, 0.29) is 0 Å². The summed E-state index contributed by atoms with van der Waals surface area (Å²) in [7, 11) is 1.89. The summed E-state index contributed by atoms with van der Waals surface area (Å²) in [6.45, 7) is 0. The van der Waals surface area contributed by atoms with Gasteiger partial charge >= 0.3 is 0 Å². The quantitative estimate of drug-likeness (QED) is 0.754. The van der Waals surface area contributed by atoms with E-state index in [0.29, 0.717) is 6.04 Å². The summed E-state index contributed by atoms with van der Waals surface area (Å²) in [6, 6.07) is 0.570. The zero-order chi connectivity index (χ0) is 9.97. The maximum Gasteiger partial charge on any atom is 0.171 e. The molecule has 78 valence electrons. The van der Waals surface area contributed by atoms with Crippen molar-refractivity contribution in [2.75, 3.05) is 11.1 Å². The van der Waals surface area contributed by atoms with Gasteiger partial charge in [-0.15, -0.1) is 0 Å². The Bertz CT molecular complexity index is 299. The van der Waals surface area contributed by atoms with E-state index in [4.69, 9.17) is 5.73 Å². The van der Waals surface area contributed by atoms with Crippen molar-refractivity contribution in [1.29, 1.82) is 0 Å². The molecule has 0 spiro atoms. The molecule has 1 aliphatic rings. The van der Waals surface area contributed by atoms with Crippen LogP contribution in [0.2, 0.25) is 0 Å². The maximum atomic E-state index is 5.81. The fraction of sp³-hybridized carbons (Fsp3) is 0.700. The number of nitrogens with one attached hydrogen (secondary N) is 1. The number of nitrogens with two attached hydrogens (primary N) is 1. The summed E-state index contributed by atoms with van der Waals surface area (Å²) in [5.41, 5.74) is 6.56. The van der Waals surface area contributed by atoms with Gasteiger partial charge in [-0.3, -0.25) is 4.68 Å². The number of rotatable bonds is 2. The van der Waals surface area contributed by atoms with Crippen molar-refractivity contribution in [2.45, 2.75) is 38.1 Å². The van der Waals surface area contributed by atoms with Gasteiger partial charge in [0.1, 0.15) is 0 Å². The molecular formula is C10H18N4. The van der Waals surface area contributed by atoms with E-state index in [1.165, 1.54) is 32.1 Å². The third kappa shape index (κ3) is 2.00. The largest absolute Gasteiger partial charge is 0.394 e. The topological polar surface area (TPSA) is 55.9 Å². The number of hydrogen-bond donors (Lipinski definition) is 2. The Labute approximate surface area is 84.5 Å². The van der Waals surface area contributed by atoms with E-state index in [1.807, 2.05) is 13.2 Å². The minimum Gasteiger partial charge on any atom is -0.394 e. The van der Waals surface area contributed by atoms with E-state index in [0.717, 1.165) is 11.5 Å². The molecule has 0 aliphatic heterocycles. The Kier molecular flexibility index (Phi) is 2.61. The zero-order valence-electron chi connectivity index (χ0n) is 8.66. The molecule has 1 fully saturated rings. The normalized spacial score (nSPS) is 18.4. The van der Waals surface area contributed by atoms with Gasteiger partial charge in [0.25, 0.3) is 0 Å². The zero-order valence-corrected chi connectivity index (χ0v) is 8.66. The van der Waals surface area contributed by atoms with Gasteiger partial charge in [-0.2, -0.15) is 5.10 Å². The molecule has 0 radical (unpaired) electrons. The molecule has 14 heavy (non-hydrogen) atoms. The molecule has 2 rings (SSSR count). The Morgan fingerprint density at radius 2 is 2.14 bits per heavy atom. The third-order valence-electron chi connectivity index (χ3n) is 2.80. The van der Waals surface area contributed by atoms with Crippen LogP contribution in [0.15, 0.2) is 6.20 Å². The van der Waals surface area contributed by atoms with Crippen LogP contribution in [0.1, 0.15) is 32.1 Å². The standard InChI is InChI=1S/C10H18N4/c1-14-7-9(11)10(13-14)12-8-5-3-2-4-6-8/h7-8H,2-6,11H2,1H3,(H,12,13). The van der Waals surface area contributed by atoms with E-state index in [1.54, 1.807) is 4.68 Å². The van der Waals surface area contributed by atoms with Gasteiger partial charge in [-0.1, -0.05) is 19.3 Å². The average Bonchev–Trinajstić information content (AvgIpc) is 2.47. The lowest BCUT2D eigenvalue weighted by Gasteiger charge is -2.22. The van der Waals surface area contributed by atoms with Crippen LogP contribution >= 0.6 is 0 Å². The van der Waals surface area contributed by atoms with E-state index in [2.05, 4.69) is 10.4 Å². The van der Waals surface area contributed by atoms with Crippen LogP contribution in [-0.2, 0) is 7.05 Å². The number of anilines is 2. The lowest BCUT2D eigenvalue weighted by Crippen LogP contribution is -2.23. The van der Waals surface area contributed by atoms with E-state index >= 15 is 0 Å². The first-order valence-corrected chi connectivity index (χ1v) is 5.31. The van der Waals surface area contributed by atoms with Crippen LogP contribution < -0.4 is 11.1 Å². The summed E-state index contributed by atoms with van der Waals surface area (Å²) in [5.74, 6) is 0.847. The van der Waals surface area contributed by atoms with Gasteiger partial charge in [-0.05, 0) is 12.8 Å². The van der Waals surface area contributed by atoms with Crippen molar-refractivity contribution in [3.8, 4) is 0 Å². The molecule has 0 bridgehead atoms. The van der Waals surface area contributed by atoms with Crippen molar-refractivity contribution in [3.63, 3.8) is 0 Å². The smallest absolute Gasteiger partial charge is 0.171 e. The Morgan fingerprint density at radius 1 is 1.43 bits per heavy atom. The monoisotopic (exact) mass is 194 g/mol. The molecule has 0 saturated heterocycles. The van der Waals surface area contributed by atoms with Gasteiger partial charge in [0.2, 0.25) is 0 Å². The molecule has 4 heteroatoms. The summed E-state index contributed by atoms with van der Waals surface area (Å²) < 4.78 is 1.75. The minimum atomic E-state index is 0.570. The lowest BCUT2D eigenvalue weighted by atomic mass is 9.95. The van der Waals surface area contributed by atoms with Gasteiger partial charge in [0.15, 0.2) is 5.82 Å². The van der Waals surface area contributed by atoms with Crippen LogP contribution in [0.5, 0.6) is 0 Å². The molecule has 0 amide bonds. The van der Waals surface area contributed by atoms with E-state index in [9.17, 15) is 0 Å². The molecule has 1 heterocycles. The van der Waals surface area contributed by atoms with Crippen molar-refractivity contribution in [1.82, 2.24) is 9.78 Å². The molecule has 0 aromatic carbocycles. The summed E-state index contributed by atoms with van der Waals surface area (Å²) in [4.78, 5) is 0. The predicted octanol–water partition coefficient (Wildman–Crippen LogP) is 1.75. The number of nitrogen functional groups attached to an aromatic ring is 1.